The number of halogens is 1. The van der Waals surface area contributed by atoms with Gasteiger partial charge in [0.25, 0.3) is 11.8 Å². The summed E-state index contributed by atoms with van der Waals surface area (Å²) in [6.45, 7) is 10.6. The Morgan fingerprint density at radius 3 is 2.36 bits per heavy atom. The number of carbonyl (C=O) groups is 6. The molecular formula is C53H65ClN6O15S2. The van der Waals surface area contributed by atoms with E-state index in [1.807, 2.05) is 24.3 Å². The van der Waals surface area contributed by atoms with E-state index in [1.165, 1.54) is 10.4 Å². The number of thioether (sulfide) groups is 1. The number of sulfonamides is 1. The average molecular weight is 1130 g/mol. The topological polar surface area (TPSA) is 277 Å². The lowest BCUT2D eigenvalue weighted by Crippen LogP contribution is -2.59. The summed E-state index contributed by atoms with van der Waals surface area (Å²) in [4.78, 5) is 76.5. The molecule has 24 heteroatoms. The van der Waals surface area contributed by atoms with Gasteiger partial charge in [-0.25, -0.2) is 22.3 Å². The summed E-state index contributed by atoms with van der Waals surface area (Å²) in [5.41, 5.74) is 1.13. The SMILES string of the molecule is C=C1CCC([N+]2([O-])Cc3cccc(OCC(=O)NCCOCCOCCC(=O)Nc4cccc(CS(=O)(=O)N5CCC(Nc6cccc(C7=C(Cl)C(C)(OCC(=O)O)C(C(=O)OC(C)(C)C)S7)c6)CC5)c4)c3C2=O)C(=O)N1. The first kappa shape index (κ1) is 58.8. The predicted octanol–water partition coefficient (Wildman–Crippen LogP) is 5.64. The number of benzene rings is 3. The molecule has 4 unspecified atom stereocenters. The molecule has 4 aliphatic heterocycles. The lowest BCUT2D eigenvalue weighted by molar-refractivity contribution is -0.825. The molecule has 0 aromatic heterocycles. The van der Waals surface area contributed by atoms with Gasteiger partial charge >= 0.3 is 17.8 Å². The Labute approximate surface area is 456 Å². The summed E-state index contributed by atoms with van der Waals surface area (Å²) in [6, 6.07) is 17.7. The van der Waals surface area contributed by atoms with Crippen LogP contribution < -0.4 is 26.0 Å². The molecule has 3 aromatic carbocycles. The van der Waals surface area contributed by atoms with Crippen molar-refractivity contribution >= 4 is 85.2 Å². The number of quaternary nitrogens is 1. The molecule has 3 aromatic rings. The van der Waals surface area contributed by atoms with Gasteiger partial charge in [-0.2, -0.15) is 0 Å². The Morgan fingerprint density at radius 1 is 0.948 bits per heavy atom. The summed E-state index contributed by atoms with van der Waals surface area (Å²) in [5.74, 6) is -4.11. The molecular weight excluding hydrogens is 1060 g/mol. The monoisotopic (exact) mass is 1120 g/mol. The van der Waals surface area contributed by atoms with Gasteiger partial charge in [0.2, 0.25) is 15.9 Å². The number of piperidine rings is 2. The summed E-state index contributed by atoms with van der Waals surface area (Å²) in [5, 5.41) is 33.8. The number of amides is 4. The molecule has 4 aliphatic rings. The minimum atomic E-state index is -3.71. The van der Waals surface area contributed by atoms with Gasteiger partial charge in [-0.1, -0.05) is 54.6 Å². The summed E-state index contributed by atoms with van der Waals surface area (Å²) >= 11 is 8.05. The number of hydrogen-bond donors (Lipinski definition) is 5. The van der Waals surface area contributed by atoms with E-state index in [9.17, 15) is 47.5 Å². The summed E-state index contributed by atoms with van der Waals surface area (Å²) in [6.07, 6.45) is 1.68. The summed E-state index contributed by atoms with van der Waals surface area (Å²) < 4.78 is 55.4. The van der Waals surface area contributed by atoms with Crippen LogP contribution in [0.15, 0.2) is 84.0 Å². The zero-order chi connectivity index (χ0) is 55.7. The van der Waals surface area contributed by atoms with Crippen molar-refractivity contribution in [2.45, 2.75) is 101 Å². The van der Waals surface area contributed by atoms with Crippen LogP contribution in [0.2, 0.25) is 0 Å². The Balaban J connectivity index is 0.774. The van der Waals surface area contributed by atoms with Crippen LogP contribution in [0.5, 0.6) is 5.75 Å². The van der Waals surface area contributed by atoms with Crippen LogP contribution in [0.4, 0.5) is 11.4 Å². The second-order valence-corrected chi connectivity index (χ2v) is 23.6. The Bertz CT molecular complexity index is 2890. The van der Waals surface area contributed by atoms with Crippen LogP contribution in [0.1, 0.15) is 86.8 Å². The van der Waals surface area contributed by atoms with Gasteiger partial charge in [-0.3, -0.25) is 23.8 Å². The largest absolute Gasteiger partial charge is 0.624 e. The van der Waals surface area contributed by atoms with Crippen molar-refractivity contribution < 1.29 is 70.6 Å². The number of nitrogens with zero attached hydrogens (tertiary/aromatic N) is 2. The third-order valence-corrected chi connectivity index (χ3v) is 17.1. The third kappa shape index (κ3) is 15.0. The van der Waals surface area contributed by atoms with Crippen LogP contribution in [0.3, 0.4) is 0 Å². The number of rotatable bonds is 24. The number of hydroxylamine groups is 3. The van der Waals surface area contributed by atoms with E-state index in [0.29, 0.717) is 52.2 Å². The quantitative estimate of drug-likeness (QED) is 0.0314. The van der Waals surface area contributed by atoms with Crippen molar-refractivity contribution in [1.82, 2.24) is 14.9 Å². The highest BCUT2D eigenvalue weighted by molar-refractivity contribution is 8.10. The molecule has 77 heavy (non-hydrogen) atoms. The Morgan fingerprint density at radius 2 is 1.65 bits per heavy atom. The van der Waals surface area contributed by atoms with E-state index >= 15 is 0 Å². The number of carboxylic acid groups (broad SMARTS) is 1. The molecule has 0 bridgehead atoms. The number of anilines is 2. The fourth-order valence-electron chi connectivity index (χ4n) is 9.27. The summed E-state index contributed by atoms with van der Waals surface area (Å²) in [7, 11) is -3.71. The number of fused-ring (bicyclic) bond motifs is 1. The van der Waals surface area contributed by atoms with Crippen LogP contribution >= 0.6 is 23.4 Å². The van der Waals surface area contributed by atoms with Crippen molar-refractivity contribution in [3.63, 3.8) is 0 Å². The number of carboxylic acids is 1. The molecule has 0 saturated carbocycles. The first-order chi connectivity index (χ1) is 36.5. The maximum absolute atomic E-state index is 13.7. The van der Waals surface area contributed by atoms with Gasteiger partial charge in [-0.05, 0) is 88.4 Å². The van der Waals surface area contributed by atoms with Crippen LogP contribution in [-0.4, -0.2) is 146 Å². The van der Waals surface area contributed by atoms with Gasteiger partial charge in [-0.15, -0.1) is 11.8 Å². The molecule has 416 valence electrons. The number of carbonyl (C=O) groups excluding carboxylic acids is 5. The maximum Gasteiger partial charge on any atom is 0.351 e. The molecule has 0 aliphatic carbocycles. The van der Waals surface area contributed by atoms with Gasteiger partial charge in [0.05, 0.1) is 43.6 Å². The second kappa shape index (κ2) is 25.3. The van der Waals surface area contributed by atoms with E-state index < -0.39 is 80.0 Å². The molecule has 7 rings (SSSR count). The first-order valence-electron chi connectivity index (χ1n) is 25.1. The molecule has 4 amide bonds. The standard InChI is InChI=1S/C53H65ClN6O15S2/c1-33-15-16-40(49(65)56-33)60(68)29-36-11-8-14-41(45(36)50(60)66)73-30-43(62)55-20-24-72-26-25-71-23-19-42(61)58-38-12-6-9-34(27-38)32-77(69,70)59-21-17-37(18-22-59)57-39-13-7-10-35(28-39)46-47(54)53(5,74-31-44(63)64)48(76-46)51(67)75-52(2,3)4/h6-14,27-28,37,40,48,57H,1,15-26,29-32H2,2-5H3,(H,55,62)(H,56,65)(H,58,61)(H,63,64). The second-order valence-electron chi connectivity index (χ2n) is 20.2. The van der Waals surface area contributed by atoms with Crippen molar-refractivity contribution in [3.05, 3.63) is 111 Å². The van der Waals surface area contributed by atoms with Crippen molar-refractivity contribution in [1.29, 1.82) is 0 Å². The Hall–Kier alpha value is -5.89. The number of ether oxygens (including phenoxy) is 5. The number of esters is 1. The highest BCUT2D eigenvalue weighted by Gasteiger charge is 2.53. The van der Waals surface area contributed by atoms with E-state index in [-0.39, 0.29) is 99.5 Å². The zero-order valence-corrected chi connectivity index (χ0v) is 45.7. The van der Waals surface area contributed by atoms with Gasteiger partial charge in [0.1, 0.15) is 40.9 Å². The van der Waals surface area contributed by atoms with E-state index in [2.05, 4.69) is 27.8 Å². The third-order valence-electron chi connectivity index (χ3n) is 13.1. The van der Waals surface area contributed by atoms with Crippen LogP contribution in [0.25, 0.3) is 4.91 Å². The number of hydrogen-bond acceptors (Lipinski definition) is 16. The minimum Gasteiger partial charge on any atom is -0.624 e. The fourth-order valence-corrected chi connectivity index (χ4v) is 12.6. The highest BCUT2D eigenvalue weighted by atomic mass is 35.5. The molecule has 5 N–H and O–H groups in total. The number of allylic oxidation sites excluding steroid dienone is 1. The molecule has 2 saturated heterocycles. The molecule has 0 radical (unpaired) electrons. The highest BCUT2D eigenvalue weighted by Crippen LogP contribution is 2.54. The van der Waals surface area contributed by atoms with Crippen molar-refractivity contribution in [2.75, 3.05) is 69.9 Å². The maximum atomic E-state index is 13.7. The fraction of sp³-hybridized carbons (Fsp3) is 0.472. The van der Waals surface area contributed by atoms with Crippen LogP contribution in [-0.2, 0) is 65.2 Å². The van der Waals surface area contributed by atoms with Gasteiger partial charge in [0, 0.05) is 59.6 Å². The minimum absolute atomic E-state index is 0.0328. The van der Waals surface area contributed by atoms with E-state index in [1.54, 1.807) is 64.1 Å². The van der Waals surface area contributed by atoms with Crippen LogP contribution in [0, 0.1) is 5.21 Å². The predicted molar refractivity (Wildman–Crippen MR) is 288 cm³/mol. The zero-order valence-electron chi connectivity index (χ0n) is 43.4. The van der Waals surface area contributed by atoms with E-state index in [4.69, 9.17) is 35.3 Å². The number of aliphatic carboxylic acids is 1. The van der Waals surface area contributed by atoms with Crippen molar-refractivity contribution in [3.8, 4) is 5.75 Å². The lowest BCUT2D eigenvalue weighted by atomic mass is 9.98. The molecule has 2 fully saturated rings. The molecule has 4 atom stereocenters. The molecule has 4 heterocycles. The van der Waals surface area contributed by atoms with E-state index in [0.717, 1.165) is 17.4 Å². The van der Waals surface area contributed by atoms with Gasteiger partial charge in [0.15, 0.2) is 12.6 Å². The number of nitrogens with one attached hydrogen (secondary N) is 4. The average Bonchev–Trinajstić information content (AvgIpc) is 3.82. The normalized spacial score (nSPS) is 22.1. The molecule has 0 spiro atoms. The first-order valence-corrected chi connectivity index (χ1v) is 28.0. The molecule has 21 nitrogen and oxygen atoms in total. The Kier molecular flexibility index (Phi) is 19.3. The van der Waals surface area contributed by atoms with Gasteiger partial charge < -0.3 is 55.3 Å². The smallest absolute Gasteiger partial charge is 0.351 e. The lowest BCUT2D eigenvalue weighted by Gasteiger charge is -2.43. The van der Waals surface area contributed by atoms with Crippen molar-refractivity contribution in [2.24, 2.45) is 0 Å².